The van der Waals surface area contributed by atoms with Crippen molar-refractivity contribution in [3.05, 3.63) is 72.1 Å². The highest BCUT2D eigenvalue weighted by atomic mass is 16.3. The summed E-state index contributed by atoms with van der Waals surface area (Å²) in [5.41, 5.74) is 0.852. The maximum absolute atomic E-state index is 11.8. The van der Waals surface area contributed by atoms with Crippen LogP contribution in [0.2, 0.25) is 0 Å². The Kier molecular flexibility index (Phi) is 6.06. The lowest BCUT2D eigenvalue weighted by Crippen LogP contribution is -2.05. The van der Waals surface area contributed by atoms with E-state index in [1.54, 1.807) is 36.5 Å². The molecule has 2 aliphatic carbocycles. The number of ketones is 2. The van der Waals surface area contributed by atoms with Gasteiger partial charge in [0.2, 0.25) is 0 Å². The Labute approximate surface area is 135 Å². The third kappa shape index (κ3) is 6.04. The van der Waals surface area contributed by atoms with Crippen molar-refractivity contribution in [1.82, 2.24) is 0 Å². The fourth-order valence-electron chi connectivity index (χ4n) is 2.23. The summed E-state index contributed by atoms with van der Waals surface area (Å²) >= 11 is 0. The minimum atomic E-state index is -0.458. The molecule has 0 bridgehead atoms. The Morgan fingerprint density at radius 2 is 1.87 bits per heavy atom. The van der Waals surface area contributed by atoms with E-state index in [0.717, 1.165) is 5.57 Å². The summed E-state index contributed by atoms with van der Waals surface area (Å²) in [5.74, 6) is -0.184. The van der Waals surface area contributed by atoms with Gasteiger partial charge in [-0.1, -0.05) is 36.5 Å². The summed E-state index contributed by atoms with van der Waals surface area (Å²) < 4.78 is 0. The molecule has 0 aliphatic heterocycles. The lowest BCUT2D eigenvalue weighted by atomic mass is 9.99. The van der Waals surface area contributed by atoms with E-state index in [-0.39, 0.29) is 29.7 Å². The van der Waals surface area contributed by atoms with Crippen LogP contribution in [-0.4, -0.2) is 27.9 Å². The van der Waals surface area contributed by atoms with Crippen LogP contribution in [0.1, 0.15) is 19.3 Å². The largest absolute Gasteiger partial charge is 0.508 e. The molecule has 4 nitrogen and oxygen atoms in total. The average molecular weight is 312 g/mol. The molecule has 0 saturated heterocycles. The van der Waals surface area contributed by atoms with Gasteiger partial charge in [-0.2, -0.15) is 0 Å². The maximum Gasteiger partial charge on any atom is 0.163 e. The van der Waals surface area contributed by atoms with Gasteiger partial charge in [0.05, 0.1) is 12.5 Å². The van der Waals surface area contributed by atoms with Crippen molar-refractivity contribution < 1.29 is 19.8 Å². The van der Waals surface area contributed by atoms with Crippen LogP contribution < -0.4 is 0 Å². The number of carbonyl (C=O) groups is 2. The van der Waals surface area contributed by atoms with E-state index in [2.05, 4.69) is 0 Å². The molecule has 2 aliphatic rings. The number of carbonyl (C=O) groups excluding carboxylic acids is 2. The molecule has 23 heavy (non-hydrogen) atoms. The molecule has 4 heteroatoms. The molecule has 2 unspecified atom stereocenters. The van der Waals surface area contributed by atoms with Crippen LogP contribution in [0.3, 0.4) is 0 Å². The highest BCUT2D eigenvalue weighted by Gasteiger charge is 2.08. The zero-order chi connectivity index (χ0) is 16.7. The maximum atomic E-state index is 11.8. The first kappa shape index (κ1) is 16.9. The van der Waals surface area contributed by atoms with Gasteiger partial charge < -0.3 is 10.2 Å². The molecule has 0 amide bonds. The molecule has 0 fully saturated rings. The third-order valence-corrected chi connectivity index (χ3v) is 3.56. The second-order valence-electron chi connectivity index (χ2n) is 5.56. The molecule has 0 saturated carbocycles. The SMILES string of the molecule is O=C(/C=C/C1=CCC(O)C=C1)CC(=O)/C=C/C1C=CC(O)=CC1. The molecule has 0 aromatic rings. The van der Waals surface area contributed by atoms with Gasteiger partial charge in [-0.05, 0) is 48.6 Å². The molecule has 0 aromatic carbocycles. The molecule has 0 spiro atoms. The summed E-state index contributed by atoms with van der Waals surface area (Å²) in [7, 11) is 0. The summed E-state index contributed by atoms with van der Waals surface area (Å²) in [6.45, 7) is 0. The lowest BCUT2D eigenvalue weighted by molar-refractivity contribution is -0.121. The van der Waals surface area contributed by atoms with Crippen molar-refractivity contribution in [2.45, 2.75) is 25.4 Å². The van der Waals surface area contributed by atoms with E-state index in [4.69, 9.17) is 0 Å². The van der Waals surface area contributed by atoms with Gasteiger partial charge in [0.15, 0.2) is 11.6 Å². The van der Waals surface area contributed by atoms with Crippen molar-refractivity contribution >= 4 is 11.6 Å². The molecule has 0 radical (unpaired) electrons. The Morgan fingerprint density at radius 1 is 1.09 bits per heavy atom. The van der Waals surface area contributed by atoms with Crippen LogP contribution in [-0.2, 0) is 9.59 Å². The first-order valence-electron chi connectivity index (χ1n) is 7.58. The molecule has 2 N–H and O–H groups in total. The predicted octanol–water partition coefficient (Wildman–Crippen LogP) is 2.89. The van der Waals surface area contributed by atoms with Gasteiger partial charge in [0.1, 0.15) is 5.76 Å². The van der Waals surface area contributed by atoms with E-state index in [1.807, 2.05) is 12.2 Å². The summed E-state index contributed by atoms with van der Waals surface area (Å²) in [6, 6.07) is 0. The first-order valence-corrected chi connectivity index (χ1v) is 7.58. The number of hydrogen-bond donors (Lipinski definition) is 2. The van der Waals surface area contributed by atoms with E-state index in [0.29, 0.717) is 12.8 Å². The molecule has 2 rings (SSSR count). The zero-order valence-electron chi connectivity index (χ0n) is 12.8. The van der Waals surface area contributed by atoms with E-state index >= 15 is 0 Å². The monoisotopic (exact) mass is 312 g/mol. The Bertz CT molecular complexity index is 644. The van der Waals surface area contributed by atoms with Crippen molar-refractivity contribution in [1.29, 1.82) is 0 Å². The lowest BCUT2D eigenvalue weighted by Gasteiger charge is -2.08. The summed E-state index contributed by atoms with van der Waals surface area (Å²) in [5, 5.41) is 18.5. The summed E-state index contributed by atoms with van der Waals surface area (Å²) in [6.07, 6.45) is 17.1. The van der Waals surface area contributed by atoms with Crippen molar-refractivity contribution in [3.8, 4) is 0 Å². The molecule has 0 heterocycles. The highest BCUT2D eigenvalue weighted by Crippen LogP contribution is 2.16. The second-order valence-corrected chi connectivity index (χ2v) is 5.56. The van der Waals surface area contributed by atoms with Crippen molar-refractivity contribution in [2.75, 3.05) is 0 Å². The normalized spacial score (nSPS) is 24.0. The Morgan fingerprint density at radius 3 is 2.52 bits per heavy atom. The minimum absolute atomic E-state index is 0.0736. The Balaban J connectivity index is 1.78. The van der Waals surface area contributed by atoms with Crippen LogP contribution in [0.4, 0.5) is 0 Å². The minimum Gasteiger partial charge on any atom is -0.508 e. The number of allylic oxidation sites excluding steroid dienone is 9. The zero-order valence-corrected chi connectivity index (χ0v) is 12.8. The van der Waals surface area contributed by atoms with Gasteiger partial charge in [-0.3, -0.25) is 9.59 Å². The molecule has 2 atom stereocenters. The number of rotatable bonds is 6. The van der Waals surface area contributed by atoms with Gasteiger partial charge in [0, 0.05) is 0 Å². The predicted molar refractivity (Wildman–Crippen MR) is 88.7 cm³/mol. The van der Waals surface area contributed by atoms with Crippen LogP contribution in [0.5, 0.6) is 0 Å². The summed E-state index contributed by atoms with van der Waals surface area (Å²) in [4.78, 5) is 23.5. The van der Waals surface area contributed by atoms with Gasteiger partial charge in [-0.25, -0.2) is 0 Å². The van der Waals surface area contributed by atoms with Gasteiger partial charge >= 0.3 is 0 Å². The number of aliphatic hydroxyl groups is 2. The number of hydrogen-bond acceptors (Lipinski definition) is 4. The van der Waals surface area contributed by atoms with E-state index in [1.165, 1.54) is 12.2 Å². The standard InChI is InChI=1S/C19H20O4/c20-16-7-1-14(2-8-16)5-11-18(22)13-19(23)12-6-15-3-9-17(21)10-4-15/h1-3,5-7,9-12,15-16,20-21H,4,8,13H2/b11-5+,12-6+. The first-order chi connectivity index (χ1) is 11.0. The van der Waals surface area contributed by atoms with Crippen LogP contribution in [0.25, 0.3) is 0 Å². The number of aliphatic hydroxyl groups excluding tert-OH is 2. The molecule has 0 aromatic heterocycles. The van der Waals surface area contributed by atoms with Gasteiger partial charge in [-0.15, -0.1) is 0 Å². The Hall–Kier alpha value is -2.46. The van der Waals surface area contributed by atoms with Crippen LogP contribution in [0, 0.1) is 5.92 Å². The molecular formula is C19H20O4. The highest BCUT2D eigenvalue weighted by molar-refractivity contribution is 6.08. The van der Waals surface area contributed by atoms with Crippen LogP contribution in [0.15, 0.2) is 72.1 Å². The van der Waals surface area contributed by atoms with E-state index in [9.17, 15) is 19.8 Å². The van der Waals surface area contributed by atoms with Crippen LogP contribution >= 0.6 is 0 Å². The molecule has 120 valence electrons. The smallest absolute Gasteiger partial charge is 0.163 e. The second kappa shape index (κ2) is 8.25. The molecular weight excluding hydrogens is 292 g/mol. The topological polar surface area (TPSA) is 74.6 Å². The van der Waals surface area contributed by atoms with Crippen molar-refractivity contribution in [3.63, 3.8) is 0 Å². The quantitative estimate of drug-likeness (QED) is 0.584. The average Bonchev–Trinajstić information content (AvgIpc) is 2.54. The third-order valence-electron chi connectivity index (χ3n) is 3.56. The van der Waals surface area contributed by atoms with Gasteiger partial charge in [0.25, 0.3) is 0 Å². The fourth-order valence-corrected chi connectivity index (χ4v) is 2.23. The van der Waals surface area contributed by atoms with E-state index < -0.39 is 6.10 Å². The van der Waals surface area contributed by atoms with Crippen molar-refractivity contribution in [2.24, 2.45) is 5.92 Å². The fraction of sp³-hybridized carbons (Fsp3) is 0.263.